The van der Waals surface area contributed by atoms with E-state index in [2.05, 4.69) is 0 Å². The molecular weight excluding hydrogens is 398 g/mol. The first kappa shape index (κ1) is 22.3. The first-order valence-corrected chi connectivity index (χ1v) is 10.1. The number of nitrogens with zero attached hydrogens (tertiary/aromatic N) is 1. The maximum absolute atomic E-state index is 12.8. The van der Waals surface area contributed by atoms with Crippen molar-refractivity contribution < 1.29 is 29.3 Å². The number of fused-ring (bicyclic) bond motifs is 3. The summed E-state index contributed by atoms with van der Waals surface area (Å²) in [5.41, 5.74) is 3.59. The Morgan fingerprint density at radius 1 is 0.968 bits per heavy atom. The average molecular weight is 425 g/mol. The number of carbonyl (C=O) groups is 3. The number of carboxylic acid groups (broad SMARTS) is 2. The summed E-state index contributed by atoms with van der Waals surface area (Å²) in [5, 5.41) is 18.8. The third-order valence-corrected chi connectivity index (χ3v) is 5.67. The minimum absolute atomic E-state index is 0.0379. The zero-order valence-electron chi connectivity index (χ0n) is 17.9. The van der Waals surface area contributed by atoms with Gasteiger partial charge < -0.3 is 14.9 Å². The van der Waals surface area contributed by atoms with Gasteiger partial charge in [-0.25, -0.2) is 4.79 Å². The smallest absolute Gasteiger partial charge is 0.410 e. The molecule has 0 saturated heterocycles. The van der Waals surface area contributed by atoms with Crippen molar-refractivity contribution in [3.05, 3.63) is 59.7 Å². The minimum Gasteiger partial charge on any atom is -0.481 e. The third-order valence-electron chi connectivity index (χ3n) is 5.67. The predicted molar refractivity (Wildman–Crippen MR) is 115 cm³/mol. The van der Waals surface area contributed by atoms with E-state index >= 15 is 0 Å². The summed E-state index contributed by atoms with van der Waals surface area (Å²) in [6, 6.07) is 15.8. The van der Waals surface area contributed by atoms with Gasteiger partial charge in [0.2, 0.25) is 0 Å². The van der Waals surface area contributed by atoms with E-state index in [1.807, 2.05) is 48.5 Å². The molecule has 7 nitrogen and oxygen atoms in total. The Labute approximate surface area is 181 Å². The van der Waals surface area contributed by atoms with Crippen molar-refractivity contribution in [3.8, 4) is 11.1 Å². The van der Waals surface area contributed by atoms with Crippen LogP contribution in [0.15, 0.2) is 48.5 Å². The monoisotopic (exact) mass is 425 g/mol. The van der Waals surface area contributed by atoms with Gasteiger partial charge >= 0.3 is 18.0 Å². The van der Waals surface area contributed by atoms with Crippen LogP contribution in [0.1, 0.15) is 37.8 Å². The van der Waals surface area contributed by atoms with E-state index in [9.17, 15) is 24.6 Å². The van der Waals surface area contributed by atoms with Crippen molar-refractivity contribution in [2.75, 3.05) is 19.7 Å². The quantitative estimate of drug-likeness (QED) is 0.693. The molecule has 0 radical (unpaired) electrons. The molecule has 2 N–H and O–H groups in total. The molecule has 0 saturated carbocycles. The number of amides is 1. The Hall–Kier alpha value is -3.35. The predicted octanol–water partition coefficient (Wildman–Crippen LogP) is 4.07. The van der Waals surface area contributed by atoms with E-state index in [-0.39, 0.29) is 19.1 Å². The number of hydrogen-bond donors (Lipinski definition) is 2. The SMILES string of the molecule is CC(C)(C)C(CN(CC(=O)O)C(=O)OCC1c2ccccc2-c2ccccc21)C(=O)O. The molecule has 0 aliphatic heterocycles. The number of ether oxygens (including phenoxy) is 1. The molecule has 1 aliphatic rings. The highest BCUT2D eigenvalue weighted by atomic mass is 16.6. The molecule has 1 aliphatic carbocycles. The summed E-state index contributed by atoms with van der Waals surface area (Å²) in [4.78, 5) is 36.8. The molecular formula is C24H27NO6. The van der Waals surface area contributed by atoms with Crippen LogP contribution >= 0.6 is 0 Å². The summed E-state index contributed by atoms with van der Waals surface area (Å²) in [7, 11) is 0. The van der Waals surface area contributed by atoms with E-state index in [0.717, 1.165) is 27.2 Å². The van der Waals surface area contributed by atoms with Gasteiger partial charge in [-0.2, -0.15) is 0 Å². The van der Waals surface area contributed by atoms with Crippen LogP contribution in [0.5, 0.6) is 0 Å². The zero-order chi connectivity index (χ0) is 22.8. The molecule has 1 atom stereocenters. The molecule has 1 amide bonds. The van der Waals surface area contributed by atoms with Crippen LogP contribution in [0.2, 0.25) is 0 Å². The Bertz CT molecular complexity index is 948. The Kier molecular flexibility index (Phi) is 6.34. The summed E-state index contributed by atoms with van der Waals surface area (Å²) in [5.74, 6) is -3.42. The first-order chi connectivity index (χ1) is 14.6. The van der Waals surface area contributed by atoms with Gasteiger partial charge in [-0.1, -0.05) is 69.3 Å². The number of carboxylic acids is 2. The lowest BCUT2D eigenvalue weighted by Gasteiger charge is -2.31. The number of benzene rings is 2. The van der Waals surface area contributed by atoms with Crippen molar-refractivity contribution in [1.82, 2.24) is 4.90 Å². The summed E-state index contributed by atoms with van der Waals surface area (Å²) < 4.78 is 5.53. The molecule has 0 spiro atoms. The van der Waals surface area contributed by atoms with Crippen molar-refractivity contribution in [2.45, 2.75) is 26.7 Å². The van der Waals surface area contributed by atoms with E-state index < -0.39 is 35.9 Å². The average Bonchev–Trinajstić information content (AvgIpc) is 3.01. The summed E-state index contributed by atoms with van der Waals surface area (Å²) in [6.45, 7) is 4.38. The van der Waals surface area contributed by atoms with Crippen LogP contribution in [-0.4, -0.2) is 52.8 Å². The second-order valence-electron chi connectivity index (χ2n) is 8.84. The largest absolute Gasteiger partial charge is 0.481 e. The number of rotatable bonds is 7. The molecule has 1 unspecified atom stereocenters. The van der Waals surface area contributed by atoms with Crippen LogP contribution < -0.4 is 0 Å². The second kappa shape index (κ2) is 8.79. The van der Waals surface area contributed by atoms with Gasteiger partial charge in [0.05, 0.1) is 5.92 Å². The lowest BCUT2D eigenvalue weighted by atomic mass is 9.80. The van der Waals surface area contributed by atoms with Crippen LogP contribution in [-0.2, 0) is 14.3 Å². The highest BCUT2D eigenvalue weighted by Gasteiger charge is 2.36. The van der Waals surface area contributed by atoms with Crippen molar-refractivity contribution in [1.29, 1.82) is 0 Å². The highest BCUT2D eigenvalue weighted by Crippen LogP contribution is 2.44. The van der Waals surface area contributed by atoms with Crippen molar-refractivity contribution in [2.24, 2.45) is 11.3 Å². The second-order valence-corrected chi connectivity index (χ2v) is 8.84. The lowest BCUT2D eigenvalue weighted by molar-refractivity contribution is -0.147. The van der Waals surface area contributed by atoms with Crippen LogP contribution in [0.4, 0.5) is 4.79 Å². The lowest BCUT2D eigenvalue weighted by Crippen LogP contribution is -2.45. The fourth-order valence-corrected chi connectivity index (χ4v) is 3.99. The molecule has 2 aromatic rings. The summed E-state index contributed by atoms with van der Waals surface area (Å²) >= 11 is 0. The van der Waals surface area contributed by atoms with Gasteiger partial charge in [0.15, 0.2) is 0 Å². The maximum atomic E-state index is 12.8. The van der Waals surface area contributed by atoms with Crippen molar-refractivity contribution >= 4 is 18.0 Å². The molecule has 0 bridgehead atoms. The van der Waals surface area contributed by atoms with Crippen LogP contribution in [0.25, 0.3) is 11.1 Å². The van der Waals surface area contributed by atoms with Crippen LogP contribution in [0, 0.1) is 11.3 Å². The summed E-state index contributed by atoms with van der Waals surface area (Å²) in [6.07, 6.45) is -0.834. The fourth-order valence-electron chi connectivity index (χ4n) is 3.99. The normalized spacial score (nSPS) is 13.8. The Morgan fingerprint density at radius 2 is 1.48 bits per heavy atom. The number of hydrogen-bond acceptors (Lipinski definition) is 4. The fraction of sp³-hybridized carbons (Fsp3) is 0.375. The highest BCUT2D eigenvalue weighted by molar-refractivity contribution is 5.80. The van der Waals surface area contributed by atoms with Gasteiger partial charge in [-0.3, -0.25) is 14.5 Å². The van der Waals surface area contributed by atoms with Gasteiger partial charge in [-0.15, -0.1) is 0 Å². The molecule has 2 aromatic carbocycles. The molecule has 0 fully saturated rings. The number of carbonyl (C=O) groups excluding carboxylic acids is 1. The molecule has 31 heavy (non-hydrogen) atoms. The number of aliphatic carboxylic acids is 2. The van der Waals surface area contributed by atoms with E-state index in [0.29, 0.717) is 0 Å². The van der Waals surface area contributed by atoms with E-state index in [1.54, 1.807) is 20.8 Å². The topological polar surface area (TPSA) is 104 Å². The molecule has 0 heterocycles. The van der Waals surface area contributed by atoms with E-state index in [1.165, 1.54) is 0 Å². The van der Waals surface area contributed by atoms with Gasteiger partial charge in [-0.05, 0) is 27.7 Å². The standard InChI is InChI=1S/C24H27NO6/c1-24(2,3)20(22(28)29)12-25(13-21(26)27)23(30)31-14-19-17-10-6-4-8-15(17)16-9-5-7-11-18(16)19/h4-11,19-20H,12-14H2,1-3H3,(H,26,27)(H,28,29). The van der Waals surface area contributed by atoms with Crippen LogP contribution in [0.3, 0.4) is 0 Å². The minimum atomic E-state index is -1.23. The molecule has 7 heteroatoms. The van der Waals surface area contributed by atoms with Gasteiger partial charge in [0.25, 0.3) is 0 Å². The van der Waals surface area contributed by atoms with E-state index in [4.69, 9.17) is 4.74 Å². The van der Waals surface area contributed by atoms with Crippen molar-refractivity contribution in [3.63, 3.8) is 0 Å². The third kappa shape index (κ3) is 4.87. The molecule has 0 aromatic heterocycles. The maximum Gasteiger partial charge on any atom is 0.410 e. The Morgan fingerprint density at radius 3 is 1.94 bits per heavy atom. The van der Waals surface area contributed by atoms with Gasteiger partial charge in [0, 0.05) is 12.5 Å². The molecule has 164 valence electrons. The first-order valence-electron chi connectivity index (χ1n) is 10.1. The zero-order valence-corrected chi connectivity index (χ0v) is 17.9. The molecule has 3 rings (SSSR count). The Balaban J connectivity index is 1.78. The van der Waals surface area contributed by atoms with Gasteiger partial charge in [0.1, 0.15) is 13.2 Å².